The van der Waals surface area contributed by atoms with Gasteiger partial charge in [-0.3, -0.25) is 4.79 Å². The number of nitrogens with zero attached hydrogens (tertiary/aromatic N) is 2. The third kappa shape index (κ3) is 4.34. The van der Waals surface area contributed by atoms with E-state index < -0.39 is 12.1 Å². The summed E-state index contributed by atoms with van der Waals surface area (Å²) < 4.78 is 5.56. The summed E-state index contributed by atoms with van der Waals surface area (Å²) in [6.07, 6.45) is 1.99. The van der Waals surface area contributed by atoms with Crippen LogP contribution < -0.4 is 0 Å². The number of hydrogen-bond donors (Lipinski definition) is 0. The minimum absolute atomic E-state index is 0.0558. The van der Waals surface area contributed by atoms with Crippen molar-refractivity contribution in [3.05, 3.63) is 63.9 Å². The fourth-order valence-electron chi connectivity index (χ4n) is 2.90. The lowest BCUT2D eigenvalue weighted by Crippen LogP contribution is -2.40. The molecule has 3 rings (SSSR count). The summed E-state index contributed by atoms with van der Waals surface area (Å²) in [4.78, 5) is 31.2. The molecule has 1 amide bonds. The maximum Gasteiger partial charge on any atom is 0.342 e. The Morgan fingerprint density at radius 2 is 1.69 bits per heavy atom. The van der Waals surface area contributed by atoms with E-state index in [-0.39, 0.29) is 21.8 Å². The van der Waals surface area contributed by atoms with Crippen molar-refractivity contribution in [3.63, 3.8) is 0 Å². The first kappa shape index (κ1) is 18.7. The van der Waals surface area contributed by atoms with E-state index in [0.29, 0.717) is 18.7 Å². The summed E-state index contributed by atoms with van der Waals surface area (Å²) in [6.45, 7) is 1.34. The highest BCUT2D eigenvalue weighted by Gasteiger charge is 2.31. The number of carbonyl (C=O) groups is 2. The van der Waals surface area contributed by atoms with Crippen LogP contribution in [0.4, 0.5) is 0 Å². The van der Waals surface area contributed by atoms with Crippen molar-refractivity contribution >= 4 is 35.1 Å². The highest BCUT2D eigenvalue weighted by atomic mass is 35.5. The second kappa shape index (κ2) is 8.52. The Bertz CT molecular complexity index is 793. The molecule has 0 N–H and O–H groups in total. The van der Waals surface area contributed by atoms with Crippen LogP contribution in [0.5, 0.6) is 0 Å². The topological polar surface area (TPSA) is 59.5 Å². The molecule has 136 valence electrons. The fourth-order valence-corrected chi connectivity index (χ4v) is 3.33. The predicted molar refractivity (Wildman–Crippen MR) is 99.3 cm³/mol. The second-order valence-corrected chi connectivity index (χ2v) is 6.80. The molecule has 1 atom stereocenters. The van der Waals surface area contributed by atoms with Gasteiger partial charge in [-0.05, 0) is 31.4 Å². The lowest BCUT2D eigenvalue weighted by atomic mass is 10.1. The number of hydrogen-bond acceptors (Lipinski definition) is 4. The molecule has 0 spiro atoms. The number of ether oxygens (including phenoxy) is 1. The molecule has 2 aromatic rings. The molecule has 1 fully saturated rings. The van der Waals surface area contributed by atoms with Gasteiger partial charge in [-0.15, -0.1) is 0 Å². The zero-order valence-corrected chi connectivity index (χ0v) is 15.5. The number of pyridine rings is 1. The van der Waals surface area contributed by atoms with Crippen LogP contribution in [0, 0.1) is 0 Å². The SMILES string of the molecule is O=C(O[C@@H](C(=O)N1CCCCC1)c1ccccc1)c1ccc(Cl)nc1Cl. The number of esters is 1. The average Bonchev–Trinajstić information content (AvgIpc) is 2.67. The summed E-state index contributed by atoms with van der Waals surface area (Å²) >= 11 is 11.8. The number of benzene rings is 1. The molecule has 0 saturated carbocycles. The predicted octanol–water partition coefficient (Wildman–Crippen LogP) is 4.30. The van der Waals surface area contributed by atoms with Crippen LogP contribution in [0.1, 0.15) is 41.3 Å². The zero-order valence-electron chi connectivity index (χ0n) is 14.0. The molecule has 26 heavy (non-hydrogen) atoms. The van der Waals surface area contributed by atoms with Gasteiger partial charge in [0.05, 0.1) is 5.56 Å². The lowest BCUT2D eigenvalue weighted by Gasteiger charge is -2.30. The van der Waals surface area contributed by atoms with Crippen molar-refractivity contribution in [2.45, 2.75) is 25.4 Å². The van der Waals surface area contributed by atoms with Gasteiger partial charge < -0.3 is 9.64 Å². The van der Waals surface area contributed by atoms with Crippen molar-refractivity contribution in [3.8, 4) is 0 Å². The maximum atomic E-state index is 13.0. The van der Waals surface area contributed by atoms with Crippen molar-refractivity contribution in [1.29, 1.82) is 0 Å². The molecule has 1 aliphatic heterocycles. The Hall–Kier alpha value is -2.11. The fraction of sp³-hybridized carbons (Fsp3) is 0.316. The molecule has 2 heterocycles. The van der Waals surface area contributed by atoms with Gasteiger partial charge in [0.1, 0.15) is 10.3 Å². The van der Waals surface area contributed by atoms with Crippen LogP contribution >= 0.6 is 23.2 Å². The summed E-state index contributed by atoms with van der Waals surface area (Å²) in [5.74, 6) is -0.930. The molecular formula is C19H18Cl2N2O3. The van der Waals surface area contributed by atoms with E-state index in [9.17, 15) is 9.59 Å². The molecule has 0 bridgehead atoms. The van der Waals surface area contributed by atoms with Gasteiger partial charge in [-0.25, -0.2) is 9.78 Å². The number of rotatable bonds is 4. The Balaban J connectivity index is 1.85. The van der Waals surface area contributed by atoms with Crippen molar-refractivity contribution in [2.24, 2.45) is 0 Å². The molecule has 0 unspecified atom stereocenters. The zero-order chi connectivity index (χ0) is 18.5. The van der Waals surface area contributed by atoms with Crippen molar-refractivity contribution in [2.75, 3.05) is 13.1 Å². The third-order valence-corrected chi connectivity index (χ3v) is 4.75. The Kier molecular flexibility index (Phi) is 6.12. The van der Waals surface area contributed by atoms with Gasteiger partial charge in [-0.2, -0.15) is 0 Å². The molecule has 1 aromatic heterocycles. The molecular weight excluding hydrogens is 375 g/mol. The quantitative estimate of drug-likeness (QED) is 0.574. The maximum absolute atomic E-state index is 13.0. The summed E-state index contributed by atoms with van der Waals surface area (Å²) in [6, 6.07) is 11.9. The number of amides is 1. The summed E-state index contributed by atoms with van der Waals surface area (Å²) in [5, 5.41) is 0.121. The molecule has 5 nitrogen and oxygen atoms in total. The van der Waals surface area contributed by atoms with Crippen LogP contribution in [0.2, 0.25) is 10.3 Å². The second-order valence-electron chi connectivity index (χ2n) is 6.05. The van der Waals surface area contributed by atoms with Crippen molar-refractivity contribution < 1.29 is 14.3 Å². The van der Waals surface area contributed by atoms with E-state index >= 15 is 0 Å². The lowest BCUT2D eigenvalue weighted by molar-refractivity contribution is -0.142. The Morgan fingerprint density at radius 1 is 1.00 bits per heavy atom. The van der Waals surface area contributed by atoms with Gasteiger partial charge in [-0.1, -0.05) is 53.5 Å². The number of likely N-dealkylation sites (tertiary alicyclic amines) is 1. The third-order valence-electron chi connectivity index (χ3n) is 4.25. The first-order valence-corrected chi connectivity index (χ1v) is 9.18. The minimum Gasteiger partial charge on any atom is -0.444 e. The molecule has 7 heteroatoms. The van der Waals surface area contributed by atoms with Crippen LogP contribution in [-0.2, 0) is 9.53 Å². The number of piperidine rings is 1. The molecule has 1 aliphatic rings. The van der Waals surface area contributed by atoms with Crippen LogP contribution in [0.3, 0.4) is 0 Å². The summed E-state index contributed by atoms with van der Waals surface area (Å²) in [7, 11) is 0. The van der Waals surface area contributed by atoms with Crippen LogP contribution in [0.25, 0.3) is 0 Å². The average molecular weight is 393 g/mol. The van der Waals surface area contributed by atoms with Gasteiger partial charge in [0, 0.05) is 18.7 Å². The number of halogens is 2. The van der Waals surface area contributed by atoms with E-state index in [4.69, 9.17) is 27.9 Å². The van der Waals surface area contributed by atoms with Crippen LogP contribution in [0.15, 0.2) is 42.5 Å². The Morgan fingerprint density at radius 3 is 2.35 bits per heavy atom. The van der Waals surface area contributed by atoms with E-state index in [1.54, 1.807) is 29.2 Å². The van der Waals surface area contributed by atoms with E-state index in [0.717, 1.165) is 19.3 Å². The molecule has 0 aliphatic carbocycles. The number of aromatic nitrogens is 1. The van der Waals surface area contributed by atoms with Crippen molar-refractivity contribution in [1.82, 2.24) is 9.88 Å². The largest absolute Gasteiger partial charge is 0.444 e. The molecule has 1 aromatic carbocycles. The monoisotopic (exact) mass is 392 g/mol. The molecule has 1 saturated heterocycles. The van der Waals surface area contributed by atoms with E-state index in [1.807, 2.05) is 6.07 Å². The summed E-state index contributed by atoms with van der Waals surface area (Å²) in [5.41, 5.74) is 0.693. The highest BCUT2D eigenvalue weighted by molar-refractivity contribution is 6.34. The van der Waals surface area contributed by atoms with Gasteiger partial charge in [0.15, 0.2) is 0 Å². The van der Waals surface area contributed by atoms with Gasteiger partial charge in [0.2, 0.25) is 6.10 Å². The molecule has 0 radical (unpaired) electrons. The first-order chi connectivity index (χ1) is 12.6. The van der Waals surface area contributed by atoms with Gasteiger partial charge in [0.25, 0.3) is 5.91 Å². The van der Waals surface area contributed by atoms with E-state index in [2.05, 4.69) is 4.98 Å². The smallest absolute Gasteiger partial charge is 0.342 e. The highest BCUT2D eigenvalue weighted by Crippen LogP contribution is 2.26. The first-order valence-electron chi connectivity index (χ1n) is 8.43. The van der Waals surface area contributed by atoms with Gasteiger partial charge >= 0.3 is 5.97 Å². The normalized spacial score (nSPS) is 15.4. The van der Waals surface area contributed by atoms with E-state index in [1.165, 1.54) is 12.1 Å². The standard InChI is InChI=1S/C19H18Cl2N2O3/c20-15-10-9-14(17(21)22-15)19(25)26-16(13-7-3-1-4-8-13)18(24)23-11-5-2-6-12-23/h1,3-4,7-10,16H,2,5-6,11-12H2/t16-/m1/s1. The number of carbonyl (C=O) groups excluding carboxylic acids is 2. The minimum atomic E-state index is -1.02. The van der Waals surface area contributed by atoms with Crippen LogP contribution in [-0.4, -0.2) is 34.8 Å². The Labute approximate surface area is 161 Å².